The highest BCUT2D eigenvalue weighted by Gasteiger charge is 2.44. The summed E-state index contributed by atoms with van der Waals surface area (Å²) in [7, 11) is 0.0121. The summed E-state index contributed by atoms with van der Waals surface area (Å²) in [6.07, 6.45) is -0.236. The van der Waals surface area contributed by atoms with Crippen molar-refractivity contribution in [3.8, 4) is 0 Å². The summed E-state index contributed by atoms with van der Waals surface area (Å²) in [5, 5.41) is 0.580. The van der Waals surface area contributed by atoms with Crippen molar-refractivity contribution in [3.63, 3.8) is 0 Å². The highest BCUT2D eigenvalue weighted by atomic mass is 32.2. The largest absolute Gasteiger partial charge is 0.416 e. The van der Waals surface area contributed by atoms with Gasteiger partial charge in [0.05, 0.1) is 5.56 Å². The number of aryl methyl sites for hydroxylation is 1. The Labute approximate surface area is 225 Å². The molecule has 2 fully saturated rings. The number of rotatable bonds is 2. The third kappa shape index (κ3) is 8.83. The molecule has 1 aliphatic heterocycles. The van der Waals surface area contributed by atoms with Crippen molar-refractivity contribution in [1.29, 1.82) is 0 Å². The quantitative estimate of drug-likeness (QED) is 0.303. The van der Waals surface area contributed by atoms with Crippen LogP contribution in [-0.4, -0.2) is 30.7 Å². The van der Waals surface area contributed by atoms with E-state index < -0.39 is 11.7 Å². The third-order valence-corrected chi connectivity index (χ3v) is 9.27. The molecule has 1 aliphatic carbocycles. The second-order valence-electron chi connectivity index (χ2n) is 10.2. The Morgan fingerprint density at radius 3 is 2.13 bits per heavy atom. The third-order valence-electron chi connectivity index (χ3n) is 7.19. The first kappa shape index (κ1) is 33.6. The fourth-order valence-corrected chi connectivity index (χ4v) is 7.19. The molecule has 0 aromatic heterocycles. The topological polar surface area (TPSA) is 46.2 Å². The smallest absolute Gasteiger partial charge is 0.307 e. The lowest BCUT2D eigenvalue weighted by Gasteiger charge is -2.49. The van der Waals surface area contributed by atoms with Gasteiger partial charge in [0.25, 0.3) is 0 Å². The first-order chi connectivity index (χ1) is 17.8. The van der Waals surface area contributed by atoms with E-state index in [2.05, 4.69) is 31.4 Å². The number of hydrogen-bond acceptors (Lipinski definition) is 3. The fourth-order valence-electron chi connectivity index (χ4n) is 5.18. The Bertz CT molecular complexity index is 1040. The zero-order valence-corrected chi connectivity index (χ0v) is 23.2. The van der Waals surface area contributed by atoms with E-state index in [0.717, 1.165) is 43.4 Å². The van der Waals surface area contributed by atoms with Crippen molar-refractivity contribution in [2.75, 3.05) is 0 Å². The molecule has 2 aromatic rings. The monoisotopic (exact) mass is 559 g/mol. The molecule has 3 nitrogen and oxygen atoms in total. The van der Waals surface area contributed by atoms with Gasteiger partial charge >= 0.3 is 6.18 Å². The zero-order chi connectivity index (χ0) is 29.3. The van der Waals surface area contributed by atoms with Gasteiger partial charge in [0.1, 0.15) is 25.2 Å². The van der Waals surface area contributed by atoms with Crippen LogP contribution in [0.3, 0.4) is 0 Å². The van der Waals surface area contributed by atoms with Crippen molar-refractivity contribution in [2.45, 2.75) is 76.3 Å². The average Bonchev–Trinajstić information content (AvgIpc) is 2.88. The maximum atomic E-state index is 14.3. The van der Waals surface area contributed by atoms with Crippen molar-refractivity contribution < 1.29 is 31.5 Å². The molecule has 1 N–H and O–H groups in total. The lowest BCUT2D eigenvalue weighted by Crippen LogP contribution is -2.49. The Kier molecular flexibility index (Phi) is 13.0. The Hall–Kier alpha value is -2.39. The summed E-state index contributed by atoms with van der Waals surface area (Å²) in [5.41, 5.74) is 0.519. The van der Waals surface area contributed by atoms with E-state index in [1.807, 2.05) is 13.6 Å². The number of carbonyl (C=O) groups is 2. The van der Waals surface area contributed by atoms with Gasteiger partial charge in [-0.15, -0.1) is 10.7 Å². The Morgan fingerprint density at radius 2 is 1.61 bits per heavy atom. The minimum absolute atomic E-state index is 0.0121. The van der Waals surface area contributed by atoms with Crippen molar-refractivity contribution in [2.24, 2.45) is 11.8 Å². The predicted molar refractivity (Wildman–Crippen MR) is 146 cm³/mol. The zero-order valence-electron chi connectivity index (χ0n) is 22.4. The van der Waals surface area contributed by atoms with Gasteiger partial charge < -0.3 is 9.59 Å². The van der Waals surface area contributed by atoms with Gasteiger partial charge in [-0.3, -0.25) is 4.72 Å². The summed E-state index contributed by atoms with van der Waals surface area (Å²) in [6, 6.07) is 9.41. The van der Waals surface area contributed by atoms with E-state index in [4.69, 9.17) is 9.59 Å². The van der Waals surface area contributed by atoms with Gasteiger partial charge in [-0.2, -0.15) is 13.2 Å². The number of halogens is 5. The lowest BCUT2D eigenvalue weighted by atomic mass is 9.64. The maximum Gasteiger partial charge on any atom is 0.416 e. The lowest BCUT2D eigenvalue weighted by molar-refractivity contribution is -0.137. The molecule has 1 saturated heterocycles. The van der Waals surface area contributed by atoms with Crippen LogP contribution in [0.15, 0.2) is 42.5 Å². The molecule has 0 bridgehead atoms. The molecule has 2 aliphatic rings. The van der Waals surface area contributed by atoms with Crippen LogP contribution in [0.4, 0.5) is 22.0 Å². The molecular weight excluding hydrogens is 521 g/mol. The maximum absolute atomic E-state index is 14.3. The van der Waals surface area contributed by atoms with Crippen molar-refractivity contribution in [3.05, 3.63) is 70.8 Å². The Morgan fingerprint density at radius 1 is 1.03 bits per heavy atom. The molecule has 212 valence electrons. The van der Waals surface area contributed by atoms with E-state index in [1.165, 1.54) is 30.3 Å². The van der Waals surface area contributed by atoms with Crippen LogP contribution in [0.5, 0.6) is 0 Å². The number of carbonyl (C=O) groups excluding carboxylic acids is 2. The molecule has 1 saturated carbocycles. The number of alkyl halides is 3. The fraction of sp³-hybridized carbons (Fsp3) is 0.483. The van der Waals surface area contributed by atoms with Gasteiger partial charge in [0.15, 0.2) is 0 Å². The summed E-state index contributed by atoms with van der Waals surface area (Å²) in [6.45, 7) is 12.4. The number of fused-ring (bicyclic) bond motifs is 1. The van der Waals surface area contributed by atoms with Crippen LogP contribution in [0.1, 0.15) is 63.1 Å². The molecule has 38 heavy (non-hydrogen) atoms. The van der Waals surface area contributed by atoms with E-state index in [0.29, 0.717) is 28.7 Å². The second kappa shape index (κ2) is 14.7. The predicted octanol–water partition coefficient (Wildman–Crippen LogP) is 7.67. The van der Waals surface area contributed by atoms with Crippen LogP contribution in [0.2, 0.25) is 0 Å². The van der Waals surface area contributed by atoms with Crippen LogP contribution in [0.25, 0.3) is 0 Å². The highest BCUT2D eigenvalue weighted by Crippen LogP contribution is 2.48. The van der Waals surface area contributed by atoms with Gasteiger partial charge in [-0.1, -0.05) is 44.3 Å². The minimum Gasteiger partial charge on any atom is -0.307 e. The molecule has 0 radical (unpaired) electrons. The Balaban J connectivity index is 0.000000405. The summed E-state index contributed by atoms with van der Waals surface area (Å²) >= 11 is 0. The van der Waals surface area contributed by atoms with Gasteiger partial charge in [0.2, 0.25) is 0 Å². The highest BCUT2D eigenvalue weighted by molar-refractivity contribution is 8.13. The van der Waals surface area contributed by atoms with E-state index in [-0.39, 0.29) is 27.7 Å². The van der Waals surface area contributed by atoms with E-state index in [9.17, 15) is 22.0 Å². The van der Waals surface area contributed by atoms with Crippen LogP contribution < -0.4 is 4.72 Å². The minimum atomic E-state index is -4.21. The second-order valence-corrected chi connectivity index (χ2v) is 11.9. The molecule has 9 heteroatoms. The van der Waals surface area contributed by atoms with Gasteiger partial charge in [-0.05, 0) is 85.8 Å². The number of benzene rings is 2. The molecule has 4 rings (SSSR count). The first-order valence-corrected chi connectivity index (χ1v) is 13.7. The summed E-state index contributed by atoms with van der Waals surface area (Å²) in [4.78, 5) is 16.0. The molecule has 0 amide bonds. The molecule has 0 spiro atoms. The summed E-state index contributed by atoms with van der Waals surface area (Å²) < 4.78 is 67.4. The van der Waals surface area contributed by atoms with Gasteiger partial charge in [-0.25, -0.2) is 8.78 Å². The number of nitrogens with one attached hydrogen (secondary N) is 1. The van der Waals surface area contributed by atoms with Crippen molar-refractivity contribution in [1.82, 2.24) is 4.72 Å². The van der Waals surface area contributed by atoms with E-state index in [1.54, 1.807) is 6.92 Å². The summed E-state index contributed by atoms with van der Waals surface area (Å²) in [5.74, 6) is 4.83. The standard InChI is InChI=1S/C19H27F2NS.C8H7F3.2CH2O/c1-12(2)18-9-13-11-19(3,8-7-17(13)22-23(18)4)15-10-14(20)5-6-16(15)21;1-6-2-4-7(5-3-6)8(9,10)11;2*1-2/h5-6,10,12-13,17-18,22H,4,7-9,11H2,1-3H3;2-5H,1H3;2*1H2. The van der Waals surface area contributed by atoms with Gasteiger partial charge in [0, 0.05) is 11.3 Å². The first-order valence-electron chi connectivity index (χ1n) is 12.3. The van der Waals surface area contributed by atoms with E-state index >= 15 is 0 Å². The van der Waals surface area contributed by atoms with Crippen molar-refractivity contribution >= 4 is 30.1 Å². The normalized spacial score (nSPS) is 26.4. The van der Waals surface area contributed by atoms with Crippen LogP contribution >= 0.6 is 10.7 Å². The number of hydrogen-bond donors (Lipinski definition) is 1. The van der Waals surface area contributed by atoms with Crippen LogP contribution in [0, 0.1) is 30.4 Å². The SMILES string of the molecule is C=O.C=O.C=S1NC2CCC(C)(c3cc(F)ccc3F)CC2CC1C(C)C.Cc1ccc(C(F)(F)F)cc1. The molecule has 5 atom stereocenters. The molecular formula is C29H38F5NO2S. The molecule has 5 unspecified atom stereocenters. The molecule has 1 heterocycles. The van der Waals surface area contributed by atoms with Crippen LogP contribution in [-0.2, 0) is 21.2 Å². The molecule has 2 aromatic carbocycles. The average molecular weight is 560 g/mol.